The molecule has 0 spiro atoms. The van der Waals surface area contributed by atoms with Crippen molar-refractivity contribution in [2.75, 3.05) is 7.05 Å². The van der Waals surface area contributed by atoms with E-state index < -0.39 is 17.9 Å². The summed E-state index contributed by atoms with van der Waals surface area (Å²) >= 11 is 5.99. The van der Waals surface area contributed by atoms with E-state index in [9.17, 15) is 14.0 Å². The van der Waals surface area contributed by atoms with Crippen LogP contribution < -0.4 is 5.32 Å². The molecule has 3 amide bonds. The van der Waals surface area contributed by atoms with Gasteiger partial charge in [0.05, 0.1) is 10.5 Å². The van der Waals surface area contributed by atoms with E-state index in [1.807, 2.05) is 0 Å². The smallest absolute Gasteiger partial charge is 0.324 e. The number of hydrogen-bond donors (Lipinski definition) is 2. The van der Waals surface area contributed by atoms with Gasteiger partial charge in [0.15, 0.2) is 0 Å². The highest BCUT2D eigenvalue weighted by atomic mass is 35.5. The summed E-state index contributed by atoms with van der Waals surface area (Å²) in [5.74, 6) is -0.738. The molecule has 1 atom stereocenters. The van der Waals surface area contributed by atoms with Crippen molar-refractivity contribution in [3.8, 4) is 0 Å². The molecule has 7 heteroatoms. The van der Waals surface area contributed by atoms with E-state index in [0.29, 0.717) is 21.5 Å². The first kappa shape index (κ1) is 12.9. The first-order valence-corrected chi connectivity index (χ1v) is 6.39. The molecule has 1 aliphatic rings. The monoisotopic (exact) mass is 295 g/mol. The second-order valence-electron chi connectivity index (χ2n) is 4.70. The zero-order valence-electron chi connectivity index (χ0n) is 10.5. The Kier molecular flexibility index (Phi) is 2.90. The van der Waals surface area contributed by atoms with E-state index >= 15 is 0 Å². The van der Waals surface area contributed by atoms with Crippen LogP contribution in [0.4, 0.5) is 9.18 Å². The lowest BCUT2D eigenvalue weighted by atomic mass is 10.0. The summed E-state index contributed by atoms with van der Waals surface area (Å²) in [6.45, 7) is 0. The zero-order chi connectivity index (χ0) is 14.4. The van der Waals surface area contributed by atoms with Crippen molar-refractivity contribution < 1.29 is 14.0 Å². The molecule has 2 heterocycles. The van der Waals surface area contributed by atoms with Crippen molar-refractivity contribution in [2.45, 2.75) is 12.5 Å². The summed E-state index contributed by atoms with van der Waals surface area (Å²) in [6, 6.07) is 1.63. The molecular weight excluding hydrogens is 285 g/mol. The van der Waals surface area contributed by atoms with Gasteiger partial charge in [-0.1, -0.05) is 11.6 Å². The Labute approximate surface area is 118 Å². The number of urea groups is 1. The Bertz CT molecular complexity index is 728. The average Bonchev–Trinajstić information content (AvgIpc) is 2.94. The van der Waals surface area contributed by atoms with Crippen LogP contribution in [0, 0.1) is 5.82 Å². The number of imide groups is 1. The van der Waals surface area contributed by atoms with Crippen molar-refractivity contribution in [2.24, 2.45) is 0 Å². The molecule has 0 aliphatic carbocycles. The maximum Gasteiger partial charge on any atom is 0.324 e. The fourth-order valence-corrected chi connectivity index (χ4v) is 2.61. The van der Waals surface area contributed by atoms with Crippen LogP contribution in [0.25, 0.3) is 10.9 Å². The van der Waals surface area contributed by atoms with Crippen molar-refractivity contribution in [1.29, 1.82) is 0 Å². The number of halogens is 2. The maximum absolute atomic E-state index is 13.9. The minimum absolute atomic E-state index is 0.214. The number of rotatable bonds is 2. The van der Waals surface area contributed by atoms with Crippen LogP contribution in [0.3, 0.4) is 0 Å². The second-order valence-corrected chi connectivity index (χ2v) is 5.10. The van der Waals surface area contributed by atoms with E-state index in [1.165, 1.54) is 19.2 Å². The molecule has 0 unspecified atom stereocenters. The standard InChI is InChI=1S/C13H11ClFN3O2/c1-18-12(19)9(17-13(18)20)4-6-5-16-11-7(14)2-3-8(15)10(6)11/h2-3,5,9,16H,4H2,1H3,(H,17,20)/t9-/m1/s1. The molecule has 1 aliphatic heterocycles. The number of benzene rings is 1. The number of nitrogens with one attached hydrogen (secondary N) is 2. The SMILES string of the molecule is CN1C(=O)N[C@H](Cc2c[nH]c3c(Cl)ccc(F)c23)C1=O. The number of aromatic nitrogens is 1. The fourth-order valence-electron chi connectivity index (χ4n) is 2.40. The largest absolute Gasteiger partial charge is 0.360 e. The molecule has 1 fully saturated rings. The number of hydrogen-bond acceptors (Lipinski definition) is 2. The molecule has 0 saturated carbocycles. The van der Waals surface area contributed by atoms with Gasteiger partial charge >= 0.3 is 6.03 Å². The van der Waals surface area contributed by atoms with Crippen molar-refractivity contribution in [3.63, 3.8) is 0 Å². The number of nitrogens with zero attached hydrogens (tertiary/aromatic N) is 1. The van der Waals surface area contributed by atoms with Gasteiger partial charge in [0.25, 0.3) is 5.91 Å². The highest BCUT2D eigenvalue weighted by Gasteiger charge is 2.35. The maximum atomic E-state index is 13.9. The second kappa shape index (κ2) is 4.49. The Morgan fingerprint density at radius 3 is 2.80 bits per heavy atom. The number of carbonyl (C=O) groups excluding carboxylic acids is 2. The third-order valence-corrected chi connectivity index (χ3v) is 3.79. The normalized spacial score (nSPS) is 18.9. The van der Waals surface area contributed by atoms with Gasteiger partial charge < -0.3 is 10.3 Å². The molecule has 104 valence electrons. The predicted molar refractivity (Wildman–Crippen MR) is 72.1 cm³/mol. The van der Waals surface area contributed by atoms with Gasteiger partial charge in [-0.15, -0.1) is 0 Å². The summed E-state index contributed by atoms with van der Waals surface area (Å²) in [7, 11) is 1.41. The van der Waals surface area contributed by atoms with E-state index in [-0.39, 0.29) is 12.3 Å². The lowest BCUT2D eigenvalue weighted by Crippen LogP contribution is -2.31. The van der Waals surface area contributed by atoms with Crippen LogP contribution in [-0.2, 0) is 11.2 Å². The number of carbonyl (C=O) groups is 2. The number of aromatic amines is 1. The Balaban J connectivity index is 1.98. The van der Waals surface area contributed by atoms with Crippen molar-refractivity contribution in [1.82, 2.24) is 15.2 Å². The highest BCUT2D eigenvalue weighted by molar-refractivity contribution is 6.35. The molecule has 5 nitrogen and oxygen atoms in total. The fraction of sp³-hybridized carbons (Fsp3) is 0.231. The van der Waals surface area contributed by atoms with Crippen LogP contribution in [-0.4, -0.2) is 34.9 Å². The third kappa shape index (κ3) is 1.84. The number of H-pyrrole nitrogens is 1. The van der Waals surface area contributed by atoms with Gasteiger partial charge in [0.2, 0.25) is 0 Å². The lowest BCUT2D eigenvalue weighted by Gasteiger charge is -2.07. The summed E-state index contributed by atoms with van der Waals surface area (Å²) in [4.78, 5) is 27.2. The highest BCUT2D eigenvalue weighted by Crippen LogP contribution is 2.29. The van der Waals surface area contributed by atoms with Gasteiger partial charge in [-0.05, 0) is 17.7 Å². The molecule has 0 radical (unpaired) electrons. The van der Waals surface area contributed by atoms with Crippen LogP contribution in [0.1, 0.15) is 5.56 Å². The Morgan fingerprint density at radius 2 is 2.15 bits per heavy atom. The quantitative estimate of drug-likeness (QED) is 0.833. The Hall–Kier alpha value is -2.08. The van der Waals surface area contributed by atoms with Gasteiger partial charge in [0, 0.05) is 25.1 Å². The van der Waals surface area contributed by atoms with Gasteiger partial charge in [-0.3, -0.25) is 9.69 Å². The number of amides is 3. The molecule has 1 saturated heterocycles. The van der Waals surface area contributed by atoms with Crippen molar-refractivity contribution in [3.05, 3.63) is 34.7 Å². The minimum Gasteiger partial charge on any atom is -0.360 e. The van der Waals surface area contributed by atoms with Gasteiger partial charge in [0.1, 0.15) is 11.9 Å². The predicted octanol–water partition coefficient (Wildman–Crippen LogP) is 2.05. The van der Waals surface area contributed by atoms with Crippen LogP contribution in [0.5, 0.6) is 0 Å². The minimum atomic E-state index is -0.676. The van der Waals surface area contributed by atoms with Gasteiger partial charge in [-0.25, -0.2) is 9.18 Å². The molecule has 1 aromatic carbocycles. The van der Waals surface area contributed by atoms with Crippen molar-refractivity contribution >= 4 is 34.4 Å². The number of likely N-dealkylation sites (N-methyl/N-ethyl adjacent to an activating group) is 1. The first-order valence-electron chi connectivity index (χ1n) is 6.01. The molecule has 20 heavy (non-hydrogen) atoms. The number of fused-ring (bicyclic) bond motifs is 1. The molecular formula is C13H11ClFN3O2. The summed E-state index contributed by atoms with van der Waals surface area (Å²) in [5.41, 5.74) is 1.10. The Morgan fingerprint density at radius 1 is 1.40 bits per heavy atom. The summed E-state index contributed by atoms with van der Waals surface area (Å²) in [6.07, 6.45) is 1.82. The van der Waals surface area contributed by atoms with Crippen LogP contribution >= 0.6 is 11.6 Å². The van der Waals surface area contributed by atoms with Gasteiger partial charge in [-0.2, -0.15) is 0 Å². The average molecular weight is 296 g/mol. The summed E-state index contributed by atoms with van der Waals surface area (Å²) in [5, 5.41) is 3.32. The molecule has 0 bridgehead atoms. The zero-order valence-corrected chi connectivity index (χ0v) is 11.3. The van der Waals surface area contributed by atoms with Crippen LogP contribution in [0.15, 0.2) is 18.3 Å². The topological polar surface area (TPSA) is 65.2 Å². The first-order chi connectivity index (χ1) is 9.49. The molecule has 2 N–H and O–H groups in total. The van der Waals surface area contributed by atoms with E-state index in [2.05, 4.69) is 10.3 Å². The molecule has 1 aromatic heterocycles. The van der Waals surface area contributed by atoms with E-state index in [0.717, 1.165) is 4.90 Å². The van der Waals surface area contributed by atoms with E-state index in [4.69, 9.17) is 11.6 Å². The van der Waals surface area contributed by atoms with Crippen LogP contribution in [0.2, 0.25) is 5.02 Å². The summed E-state index contributed by atoms with van der Waals surface area (Å²) < 4.78 is 13.9. The molecule has 3 rings (SSSR count). The third-order valence-electron chi connectivity index (χ3n) is 3.47. The van der Waals surface area contributed by atoms with E-state index in [1.54, 1.807) is 6.20 Å². The lowest BCUT2D eigenvalue weighted by molar-refractivity contribution is -0.126. The molecule has 2 aromatic rings.